The van der Waals surface area contributed by atoms with Gasteiger partial charge < -0.3 is 19.4 Å². The number of nitrogens with zero attached hydrogens (tertiary/aromatic N) is 3. The van der Waals surface area contributed by atoms with Crippen LogP contribution in [0.3, 0.4) is 0 Å². The number of piperidine rings is 1. The van der Waals surface area contributed by atoms with Gasteiger partial charge in [0.15, 0.2) is 0 Å². The van der Waals surface area contributed by atoms with E-state index in [1.807, 2.05) is 28.8 Å². The number of amides is 1. The number of benzene rings is 1. The van der Waals surface area contributed by atoms with Gasteiger partial charge in [0.05, 0.1) is 23.4 Å². The third-order valence-electron chi connectivity index (χ3n) is 5.69. The number of aromatic nitrogens is 1. The Kier molecular flexibility index (Phi) is 5.64. The van der Waals surface area contributed by atoms with Crippen molar-refractivity contribution in [2.45, 2.75) is 18.9 Å². The topological polar surface area (TPSA) is 106 Å². The molecular formula is C22H20N3O4S-. The summed E-state index contributed by atoms with van der Waals surface area (Å²) in [4.78, 5) is 37.6. The predicted octanol–water partition coefficient (Wildman–Crippen LogP) is 0.816. The highest BCUT2D eigenvalue weighted by atomic mass is 32.2. The van der Waals surface area contributed by atoms with Crippen LogP contribution in [0.1, 0.15) is 23.6 Å². The minimum atomic E-state index is -1.18. The molecule has 30 heavy (non-hydrogen) atoms. The predicted molar refractivity (Wildman–Crippen MR) is 111 cm³/mol. The number of carboxylic acids is 1. The van der Waals surface area contributed by atoms with Crippen LogP contribution in [-0.4, -0.2) is 45.9 Å². The number of carbonyl (C=O) groups excluding carboxylic acids is 2. The molecular weight excluding hydrogens is 402 g/mol. The Morgan fingerprint density at radius 3 is 2.77 bits per heavy atom. The lowest BCUT2D eigenvalue weighted by Gasteiger charge is -2.43. The number of nitriles is 1. The molecule has 1 aromatic carbocycles. The summed E-state index contributed by atoms with van der Waals surface area (Å²) in [7, 11) is 0. The number of carbonyl (C=O) groups is 2. The fourth-order valence-corrected chi connectivity index (χ4v) is 5.16. The lowest BCUT2D eigenvalue weighted by Crippen LogP contribution is -2.49. The Balaban J connectivity index is 1.65. The summed E-state index contributed by atoms with van der Waals surface area (Å²) >= 11 is 1.04. The molecule has 2 aliphatic heterocycles. The van der Waals surface area contributed by atoms with Gasteiger partial charge in [0.25, 0.3) is 5.56 Å². The molecule has 0 N–H and O–H groups in total. The molecule has 0 unspecified atom stereocenters. The highest BCUT2D eigenvalue weighted by molar-refractivity contribution is 8.00. The smallest absolute Gasteiger partial charge is 0.250 e. The zero-order valence-corrected chi connectivity index (χ0v) is 17.1. The lowest BCUT2D eigenvalue weighted by molar-refractivity contribution is -0.301. The highest BCUT2D eigenvalue weighted by Gasteiger charge is 2.37. The third-order valence-corrected chi connectivity index (χ3v) is 6.58. The Labute approximate surface area is 177 Å². The number of likely N-dealkylation sites (tertiary alicyclic amines) is 1. The fraction of sp³-hybridized carbons (Fsp3) is 0.364. The second kappa shape index (κ2) is 8.36. The van der Waals surface area contributed by atoms with Crippen LogP contribution in [0, 0.1) is 17.2 Å². The first-order valence-electron chi connectivity index (χ1n) is 9.76. The Morgan fingerprint density at radius 1 is 1.17 bits per heavy atom. The van der Waals surface area contributed by atoms with Gasteiger partial charge in [-0.1, -0.05) is 12.1 Å². The van der Waals surface area contributed by atoms with Crippen molar-refractivity contribution in [2.75, 3.05) is 24.6 Å². The molecule has 1 amide bonds. The van der Waals surface area contributed by atoms with E-state index in [9.17, 15) is 24.8 Å². The first-order chi connectivity index (χ1) is 14.5. The molecule has 2 aliphatic rings. The molecule has 0 radical (unpaired) electrons. The van der Waals surface area contributed by atoms with E-state index >= 15 is 0 Å². The quantitative estimate of drug-likeness (QED) is 0.706. The molecule has 1 saturated heterocycles. The summed E-state index contributed by atoms with van der Waals surface area (Å²) in [6.45, 7) is 1.61. The van der Waals surface area contributed by atoms with Crippen LogP contribution >= 0.6 is 11.8 Å². The number of carboxylic acid groups (broad SMARTS) is 1. The van der Waals surface area contributed by atoms with Crippen LogP contribution in [-0.2, 0) is 16.1 Å². The number of hydrogen-bond donors (Lipinski definition) is 0. The minimum absolute atomic E-state index is 0.0160. The summed E-state index contributed by atoms with van der Waals surface area (Å²) in [6.07, 6.45) is 0.893. The number of rotatable bonds is 5. The molecule has 4 rings (SSSR count). The van der Waals surface area contributed by atoms with E-state index in [-0.39, 0.29) is 34.8 Å². The van der Waals surface area contributed by atoms with Crippen molar-refractivity contribution in [3.05, 3.63) is 58.0 Å². The van der Waals surface area contributed by atoms with E-state index in [0.29, 0.717) is 25.2 Å². The first-order valence-corrected chi connectivity index (χ1v) is 10.9. The van der Waals surface area contributed by atoms with Crippen molar-refractivity contribution in [1.82, 2.24) is 9.47 Å². The minimum Gasteiger partial charge on any atom is -0.549 e. The van der Waals surface area contributed by atoms with Gasteiger partial charge >= 0.3 is 0 Å². The van der Waals surface area contributed by atoms with Crippen LogP contribution in [0.15, 0.2) is 41.2 Å². The highest BCUT2D eigenvalue weighted by Crippen LogP contribution is 2.40. The van der Waals surface area contributed by atoms with E-state index < -0.39 is 5.97 Å². The zero-order chi connectivity index (χ0) is 21.3. The van der Waals surface area contributed by atoms with Gasteiger partial charge in [-0.2, -0.15) is 5.26 Å². The standard InChI is InChI=1S/C22H21N3O4S/c23-8-14-2-1-3-16(6-14)18-4-5-19(26)25-10-15-7-17(22(18)25)11-24(9-15)20(27)12-30-13-21(28)29/h1-6,15,17H,7,9-13H2,(H,28,29)/p-1/t15-,17+/m0/s1. The Morgan fingerprint density at radius 2 is 2.00 bits per heavy atom. The number of pyridine rings is 1. The first kappa shape index (κ1) is 20.2. The normalized spacial score (nSPS) is 19.6. The molecule has 2 aromatic rings. The van der Waals surface area contributed by atoms with E-state index in [1.54, 1.807) is 17.0 Å². The van der Waals surface area contributed by atoms with Crippen LogP contribution in [0.25, 0.3) is 11.1 Å². The summed E-state index contributed by atoms with van der Waals surface area (Å²) in [6, 6.07) is 12.8. The van der Waals surface area contributed by atoms with E-state index in [4.69, 9.17) is 0 Å². The van der Waals surface area contributed by atoms with E-state index in [1.165, 1.54) is 0 Å². The molecule has 0 saturated carbocycles. The van der Waals surface area contributed by atoms with Gasteiger partial charge in [-0.05, 0) is 36.1 Å². The molecule has 1 aromatic heterocycles. The van der Waals surface area contributed by atoms with Crippen molar-refractivity contribution >= 4 is 23.6 Å². The Hall–Kier alpha value is -3.05. The molecule has 2 atom stereocenters. The molecule has 3 heterocycles. The van der Waals surface area contributed by atoms with Gasteiger partial charge in [0.2, 0.25) is 5.91 Å². The molecule has 154 valence electrons. The average molecular weight is 422 g/mol. The Bertz CT molecular complexity index is 1100. The van der Waals surface area contributed by atoms with Crippen LogP contribution in [0.2, 0.25) is 0 Å². The number of thioether (sulfide) groups is 1. The van der Waals surface area contributed by atoms with Gasteiger partial charge in [0, 0.05) is 48.6 Å². The van der Waals surface area contributed by atoms with Crippen LogP contribution in [0.5, 0.6) is 0 Å². The molecule has 8 heteroatoms. The number of hydrogen-bond acceptors (Lipinski definition) is 6. The fourth-order valence-electron chi connectivity index (χ4n) is 4.53. The van der Waals surface area contributed by atoms with Crippen LogP contribution < -0.4 is 10.7 Å². The van der Waals surface area contributed by atoms with Crippen molar-refractivity contribution < 1.29 is 14.7 Å². The molecule has 7 nitrogen and oxygen atoms in total. The second-order valence-corrected chi connectivity index (χ2v) is 8.72. The average Bonchev–Trinajstić information content (AvgIpc) is 2.74. The van der Waals surface area contributed by atoms with Crippen molar-refractivity contribution in [3.63, 3.8) is 0 Å². The third kappa shape index (κ3) is 3.98. The maximum absolute atomic E-state index is 12.6. The summed E-state index contributed by atoms with van der Waals surface area (Å²) < 4.78 is 1.82. The molecule has 0 aliphatic carbocycles. The SMILES string of the molecule is N#Cc1cccc(-c2ccc(=O)n3c2[C@@H]2C[C@@H](CN(C(=O)CSCC(=O)[O-])C2)C3)c1. The van der Waals surface area contributed by atoms with Gasteiger partial charge in [-0.3, -0.25) is 9.59 Å². The number of fused-ring (bicyclic) bond motifs is 4. The summed E-state index contributed by atoms with van der Waals surface area (Å²) in [5.41, 5.74) is 3.20. The second-order valence-electron chi connectivity index (χ2n) is 7.74. The molecule has 1 fully saturated rings. The maximum Gasteiger partial charge on any atom is 0.250 e. The van der Waals surface area contributed by atoms with Gasteiger partial charge in [-0.25, -0.2) is 0 Å². The van der Waals surface area contributed by atoms with Crippen molar-refractivity contribution in [3.8, 4) is 17.2 Å². The van der Waals surface area contributed by atoms with E-state index in [2.05, 4.69) is 6.07 Å². The van der Waals surface area contributed by atoms with Crippen molar-refractivity contribution in [2.24, 2.45) is 5.92 Å². The van der Waals surface area contributed by atoms with Gasteiger partial charge in [0.1, 0.15) is 0 Å². The molecule has 2 bridgehead atoms. The summed E-state index contributed by atoms with van der Waals surface area (Å²) in [5, 5.41) is 19.8. The zero-order valence-electron chi connectivity index (χ0n) is 16.2. The summed E-state index contributed by atoms with van der Waals surface area (Å²) in [5.74, 6) is -1.17. The van der Waals surface area contributed by atoms with Gasteiger partial charge in [-0.15, -0.1) is 11.8 Å². The number of aliphatic carboxylic acids is 1. The molecule has 0 spiro atoms. The van der Waals surface area contributed by atoms with Crippen molar-refractivity contribution in [1.29, 1.82) is 5.26 Å². The van der Waals surface area contributed by atoms with E-state index in [0.717, 1.165) is 35.0 Å². The largest absolute Gasteiger partial charge is 0.549 e. The van der Waals surface area contributed by atoms with Crippen LogP contribution in [0.4, 0.5) is 0 Å². The maximum atomic E-state index is 12.6. The monoisotopic (exact) mass is 422 g/mol. The lowest BCUT2D eigenvalue weighted by atomic mass is 9.80.